The molecule has 8 aromatic carbocycles. The Hall–Kier alpha value is -6.97. The van der Waals surface area contributed by atoms with E-state index < -0.39 is 0 Å². The van der Waals surface area contributed by atoms with Crippen molar-refractivity contribution in [1.29, 1.82) is 0 Å². The number of hydrogen-bond acceptors (Lipinski definition) is 2. The van der Waals surface area contributed by atoms with Gasteiger partial charge in [-0.3, -0.25) is 4.57 Å². The number of benzene rings is 8. The largest absolute Gasteiger partial charge is 0.456 e. The highest BCUT2D eigenvalue weighted by molar-refractivity contribution is 6.10. The first-order valence-electron chi connectivity index (χ1n) is 18.6. The lowest BCUT2D eigenvalue weighted by Crippen LogP contribution is -2.04. The molecule has 2 aliphatic rings. The van der Waals surface area contributed by atoms with Gasteiger partial charge < -0.3 is 4.74 Å². The van der Waals surface area contributed by atoms with Crippen LogP contribution in [0.2, 0.25) is 0 Å². The van der Waals surface area contributed by atoms with Crippen LogP contribution in [-0.4, -0.2) is 9.55 Å². The molecule has 0 amide bonds. The van der Waals surface area contributed by atoms with E-state index in [-0.39, 0.29) is 0 Å². The summed E-state index contributed by atoms with van der Waals surface area (Å²) in [7, 11) is 0. The first-order valence-corrected chi connectivity index (χ1v) is 18.6. The summed E-state index contributed by atoms with van der Waals surface area (Å²) in [4.78, 5) is 5.17. The van der Waals surface area contributed by atoms with Crippen LogP contribution in [0, 0.1) is 0 Å². The van der Waals surface area contributed by atoms with Crippen molar-refractivity contribution >= 4 is 38.2 Å². The second-order valence-electron chi connectivity index (χ2n) is 14.3. The van der Waals surface area contributed by atoms with E-state index in [0.29, 0.717) is 5.92 Å². The van der Waals surface area contributed by atoms with E-state index in [4.69, 9.17) is 9.72 Å². The number of nitrogens with zero attached hydrogens (tertiary/aromatic N) is 2. The van der Waals surface area contributed by atoms with Crippen molar-refractivity contribution in [2.75, 3.05) is 0 Å². The second kappa shape index (κ2) is 12.3. The van der Waals surface area contributed by atoms with Crippen LogP contribution in [0.3, 0.4) is 0 Å². The van der Waals surface area contributed by atoms with Gasteiger partial charge in [-0.2, -0.15) is 0 Å². The molecule has 3 heteroatoms. The van der Waals surface area contributed by atoms with Crippen LogP contribution >= 0.6 is 0 Å². The van der Waals surface area contributed by atoms with Crippen molar-refractivity contribution in [3.8, 4) is 50.6 Å². The number of allylic oxidation sites excluding steroid dienone is 4. The number of ether oxygens (including phenoxy) is 1. The second-order valence-corrected chi connectivity index (χ2v) is 14.3. The number of aromatic nitrogens is 2. The minimum Gasteiger partial charge on any atom is -0.456 e. The topological polar surface area (TPSA) is 27.1 Å². The minimum absolute atomic E-state index is 0.376. The molecule has 0 saturated heterocycles. The van der Waals surface area contributed by atoms with E-state index >= 15 is 0 Å². The Bertz CT molecular complexity index is 3000. The third kappa shape index (κ3) is 5.01. The van der Waals surface area contributed by atoms with Crippen molar-refractivity contribution in [3.05, 3.63) is 199 Å². The van der Waals surface area contributed by atoms with Crippen molar-refractivity contribution < 1.29 is 4.74 Å². The first-order chi connectivity index (χ1) is 26.7. The van der Waals surface area contributed by atoms with Gasteiger partial charge in [0.2, 0.25) is 0 Å². The fourth-order valence-electron chi connectivity index (χ4n) is 8.46. The summed E-state index contributed by atoms with van der Waals surface area (Å²) in [5.74, 6) is 3.17. The molecule has 0 radical (unpaired) electrons. The summed E-state index contributed by atoms with van der Waals surface area (Å²) < 4.78 is 8.68. The summed E-state index contributed by atoms with van der Waals surface area (Å²) in [5.41, 5.74) is 12.8. The molecule has 0 spiro atoms. The predicted molar refractivity (Wildman–Crippen MR) is 223 cm³/mol. The quantitative estimate of drug-likeness (QED) is 0.180. The van der Waals surface area contributed by atoms with Crippen molar-refractivity contribution in [1.82, 2.24) is 9.55 Å². The smallest absolute Gasteiger partial charge is 0.145 e. The lowest BCUT2D eigenvalue weighted by molar-refractivity contribution is 0.487. The Morgan fingerprint density at radius 2 is 1.31 bits per heavy atom. The summed E-state index contributed by atoms with van der Waals surface area (Å²) in [6, 6.07) is 60.9. The lowest BCUT2D eigenvalue weighted by Gasteiger charge is -2.22. The molecule has 1 atom stereocenters. The van der Waals surface area contributed by atoms with Crippen molar-refractivity contribution in [3.63, 3.8) is 0 Å². The number of hydrogen-bond donors (Lipinski definition) is 0. The standard InChI is InChI=1S/C51H34N2O/c1-2-10-33(11-3-1)34-20-22-35(23-21-34)51-52-46-17-5-6-18-47(46)53(51)41-13-8-12-36(32-41)37-24-25-39-31-40(27-26-38(39)30-37)42-28-29-49-50-44(42)15-9-16-45(50)43-14-4-7-19-48(43)54-49/h1-20,22-32,34H,21H2. The van der Waals surface area contributed by atoms with Gasteiger partial charge in [-0.05, 0) is 104 Å². The molecule has 9 aromatic rings. The molecule has 1 aromatic heterocycles. The number of para-hydroxylation sites is 3. The predicted octanol–water partition coefficient (Wildman–Crippen LogP) is 13.6. The highest BCUT2D eigenvalue weighted by atomic mass is 16.5. The van der Waals surface area contributed by atoms with Gasteiger partial charge in [-0.15, -0.1) is 0 Å². The molecule has 0 saturated carbocycles. The molecule has 254 valence electrons. The van der Waals surface area contributed by atoms with Crippen LogP contribution in [-0.2, 0) is 0 Å². The Labute approximate surface area is 313 Å². The molecule has 1 aliphatic carbocycles. The molecule has 0 bridgehead atoms. The zero-order valence-corrected chi connectivity index (χ0v) is 29.5. The van der Waals surface area contributed by atoms with Gasteiger partial charge in [0.1, 0.15) is 17.3 Å². The maximum absolute atomic E-state index is 6.36. The maximum Gasteiger partial charge on any atom is 0.145 e. The molecule has 11 rings (SSSR count). The van der Waals surface area contributed by atoms with Gasteiger partial charge in [0.05, 0.1) is 11.0 Å². The molecular formula is C51H34N2O. The van der Waals surface area contributed by atoms with Gasteiger partial charge in [0, 0.05) is 28.1 Å². The number of fused-ring (bicyclic) bond motifs is 4. The van der Waals surface area contributed by atoms with Gasteiger partial charge in [-0.1, -0.05) is 140 Å². The Morgan fingerprint density at radius 1 is 0.556 bits per heavy atom. The van der Waals surface area contributed by atoms with Crippen LogP contribution < -0.4 is 4.74 Å². The van der Waals surface area contributed by atoms with Gasteiger partial charge in [0.25, 0.3) is 0 Å². The van der Waals surface area contributed by atoms with Crippen LogP contribution in [0.1, 0.15) is 23.7 Å². The fraction of sp³-hybridized carbons (Fsp3) is 0.0392. The van der Waals surface area contributed by atoms with E-state index in [1.807, 2.05) is 12.1 Å². The molecular weight excluding hydrogens is 657 g/mol. The Morgan fingerprint density at radius 3 is 2.20 bits per heavy atom. The molecule has 2 heterocycles. The molecule has 1 unspecified atom stereocenters. The highest BCUT2D eigenvalue weighted by Gasteiger charge is 2.22. The maximum atomic E-state index is 6.36. The zero-order valence-electron chi connectivity index (χ0n) is 29.5. The summed E-state index contributed by atoms with van der Waals surface area (Å²) in [5, 5.41) is 4.79. The summed E-state index contributed by atoms with van der Waals surface area (Å²) >= 11 is 0. The molecule has 1 aliphatic heterocycles. The van der Waals surface area contributed by atoms with E-state index in [0.717, 1.165) is 51.6 Å². The van der Waals surface area contributed by atoms with Crippen LogP contribution in [0.5, 0.6) is 11.5 Å². The third-order valence-electron chi connectivity index (χ3n) is 11.1. The summed E-state index contributed by atoms with van der Waals surface area (Å²) in [6.45, 7) is 0. The monoisotopic (exact) mass is 690 g/mol. The van der Waals surface area contributed by atoms with E-state index in [1.54, 1.807) is 0 Å². The number of rotatable bonds is 5. The molecule has 3 nitrogen and oxygen atoms in total. The van der Waals surface area contributed by atoms with Crippen molar-refractivity contribution in [2.45, 2.75) is 12.3 Å². The van der Waals surface area contributed by atoms with Crippen molar-refractivity contribution in [2.24, 2.45) is 0 Å². The Balaban J connectivity index is 0.946. The summed E-state index contributed by atoms with van der Waals surface area (Å²) in [6.07, 6.45) is 7.86. The van der Waals surface area contributed by atoms with Gasteiger partial charge >= 0.3 is 0 Å². The van der Waals surface area contributed by atoms with Crippen LogP contribution in [0.15, 0.2) is 188 Å². The molecule has 0 N–H and O–H groups in total. The van der Waals surface area contributed by atoms with Gasteiger partial charge in [-0.25, -0.2) is 4.98 Å². The molecule has 54 heavy (non-hydrogen) atoms. The average Bonchev–Trinajstić information content (AvgIpc) is 3.64. The fourth-order valence-corrected chi connectivity index (χ4v) is 8.46. The van der Waals surface area contributed by atoms with Crippen LogP contribution in [0.4, 0.5) is 0 Å². The Kier molecular flexibility index (Phi) is 6.99. The van der Waals surface area contributed by atoms with E-state index in [9.17, 15) is 0 Å². The minimum atomic E-state index is 0.376. The third-order valence-corrected chi connectivity index (χ3v) is 11.1. The molecule has 0 fully saturated rings. The van der Waals surface area contributed by atoms with Crippen LogP contribution in [0.25, 0.3) is 77.2 Å². The van der Waals surface area contributed by atoms with Gasteiger partial charge in [0.15, 0.2) is 0 Å². The van der Waals surface area contributed by atoms with E-state index in [2.05, 4.69) is 181 Å². The SMILES string of the molecule is C1=CC(c2ccccc2)CC=C1c1nc2ccccc2n1-c1cccc(-c2ccc3cc(-c4ccc5c6c(cccc46)-c4ccccc4O5)ccc3c2)c1. The average molecular weight is 691 g/mol. The normalized spacial score (nSPS) is 14.6. The number of imidazole rings is 1. The zero-order chi connectivity index (χ0) is 35.6. The highest BCUT2D eigenvalue weighted by Crippen LogP contribution is 2.48. The van der Waals surface area contributed by atoms with E-state index in [1.165, 1.54) is 54.9 Å². The lowest BCUT2D eigenvalue weighted by atomic mass is 9.90. The first kappa shape index (κ1) is 30.6.